The number of aliphatic hydroxyl groups excluding tert-OH is 2. The summed E-state index contributed by atoms with van der Waals surface area (Å²) in [6, 6.07) is 0. The Kier molecular flexibility index (Phi) is 92.0. The first kappa shape index (κ1) is 115. The zero-order valence-corrected chi connectivity index (χ0v) is 80.7. The molecule has 0 rings (SSSR count). The highest BCUT2D eigenvalue weighted by Gasteiger charge is 2.31. The van der Waals surface area contributed by atoms with E-state index in [0.717, 1.165) is 220 Å². The lowest BCUT2D eigenvalue weighted by Gasteiger charge is -2.29. The summed E-state index contributed by atoms with van der Waals surface area (Å²) >= 11 is 0. The number of hydrogen-bond acceptors (Lipinski definition) is 14. The minimum absolute atomic E-state index is 0.0614. The highest BCUT2D eigenvalue weighted by Crippen LogP contribution is 2.26. The van der Waals surface area contributed by atoms with Gasteiger partial charge < -0.3 is 56.7 Å². The second-order valence-corrected chi connectivity index (χ2v) is 42.0. The zero-order valence-electron chi connectivity index (χ0n) is 78.7. The smallest absolute Gasteiger partial charge is 0.333 e. The molecule has 0 aromatic heterocycles. The van der Waals surface area contributed by atoms with Gasteiger partial charge in [0.05, 0.1) is 25.0 Å². The molecule has 0 aliphatic heterocycles. The van der Waals surface area contributed by atoms with Gasteiger partial charge in [-0.15, -0.1) is 0 Å². The summed E-state index contributed by atoms with van der Waals surface area (Å²) in [7, 11) is -4.52. The Morgan fingerprint density at radius 1 is 0.246 bits per heavy atom. The molecule has 0 aliphatic carbocycles. The molecule has 16 heteroatoms. The molecule has 114 heavy (non-hydrogen) atoms. The Balaban J connectivity index is 0. The third-order valence-corrected chi connectivity index (χ3v) is 26.4. The summed E-state index contributed by atoms with van der Waals surface area (Å²) in [5, 5.41) is 18.7. The molecule has 0 aromatic rings. The van der Waals surface area contributed by atoms with Gasteiger partial charge in [-0.1, -0.05) is 338 Å². The molecular weight excluding hydrogens is 1450 g/mol. The van der Waals surface area contributed by atoms with Crippen molar-refractivity contribution in [2.45, 2.75) is 518 Å². The van der Waals surface area contributed by atoms with Gasteiger partial charge in [0.15, 0.2) is 0 Å². The molecule has 0 amide bonds. The average Bonchev–Trinajstić information content (AvgIpc) is 0.905. The van der Waals surface area contributed by atoms with Crippen molar-refractivity contribution in [1.29, 1.82) is 0 Å². The van der Waals surface area contributed by atoms with Gasteiger partial charge in [-0.25, -0.2) is 0 Å². The topological polar surface area (TPSA) is 155 Å². The van der Waals surface area contributed by atoms with E-state index in [-0.39, 0.29) is 49.6 Å². The van der Waals surface area contributed by atoms with Gasteiger partial charge in [0, 0.05) is 39.6 Å². The SMILES string of the molecule is CCCCCCCCC(CCCCCC)C(=O)OCCCCCCN(CCCCO)CCCCCCO[Si](C)(C)OC(CCCCCCC)OCCCCCCC.CCCCCCCCC(CCCCCC)C(=O)OCCCCCCN(CCCCO)CCCCCCO[Si](C)(C)OC(CCCCCCC)OCCCCCCC. The van der Waals surface area contributed by atoms with Crippen molar-refractivity contribution in [3.05, 3.63) is 0 Å². The van der Waals surface area contributed by atoms with Gasteiger partial charge >= 0.3 is 29.1 Å². The molecule has 0 saturated carbocycles. The van der Waals surface area contributed by atoms with Crippen LogP contribution in [-0.4, -0.2) is 154 Å². The molecule has 0 heterocycles. The third kappa shape index (κ3) is 83.2. The quantitative estimate of drug-likeness (QED) is 0.0257. The van der Waals surface area contributed by atoms with Crippen molar-refractivity contribution in [3.8, 4) is 0 Å². The van der Waals surface area contributed by atoms with E-state index < -0.39 is 17.1 Å². The Morgan fingerprint density at radius 2 is 0.447 bits per heavy atom. The van der Waals surface area contributed by atoms with E-state index in [1.807, 2.05) is 0 Å². The first-order chi connectivity index (χ1) is 55.7. The molecule has 0 spiro atoms. The average molecular weight is 1660 g/mol. The molecule has 0 bridgehead atoms. The lowest BCUT2D eigenvalue weighted by atomic mass is 9.94. The van der Waals surface area contributed by atoms with E-state index in [1.165, 1.54) is 270 Å². The van der Waals surface area contributed by atoms with Crippen LogP contribution in [0.4, 0.5) is 0 Å². The maximum Gasteiger partial charge on any atom is 0.333 e. The van der Waals surface area contributed by atoms with E-state index in [9.17, 15) is 19.8 Å². The van der Waals surface area contributed by atoms with E-state index >= 15 is 0 Å². The first-order valence-corrected chi connectivity index (χ1v) is 56.2. The van der Waals surface area contributed by atoms with Crippen LogP contribution in [0.25, 0.3) is 0 Å². The van der Waals surface area contributed by atoms with Gasteiger partial charge in [0.2, 0.25) is 0 Å². The van der Waals surface area contributed by atoms with Gasteiger partial charge in [-0.3, -0.25) is 9.59 Å². The van der Waals surface area contributed by atoms with E-state index in [1.54, 1.807) is 0 Å². The second-order valence-electron chi connectivity index (χ2n) is 35.3. The summed E-state index contributed by atoms with van der Waals surface area (Å²) in [5.41, 5.74) is 0. The number of carbonyl (C=O) groups is 2. The molecule has 14 nitrogen and oxygen atoms in total. The van der Waals surface area contributed by atoms with Gasteiger partial charge in [-0.2, -0.15) is 0 Å². The van der Waals surface area contributed by atoms with Crippen LogP contribution in [0, 0.1) is 11.8 Å². The monoisotopic (exact) mass is 1660 g/mol. The highest BCUT2D eigenvalue weighted by molar-refractivity contribution is 6.64. The molecule has 0 aromatic carbocycles. The van der Waals surface area contributed by atoms with Crippen molar-refractivity contribution >= 4 is 29.1 Å². The van der Waals surface area contributed by atoms with E-state index in [2.05, 4.69) is 91.4 Å². The molecule has 0 fully saturated rings. The summed E-state index contributed by atoms with van der Waals surface area (Å²) in [5.74, 6) is 0.313. The minimum atomic E-state index is -2.26. The molecule has 0 aliphatic rings. The van der Waals surface area contributed by atoms with Crippen molar-refractivity contribution in [3.63, 3.8) is 0 Å². The summed E-state index contributed by atoms with van der Waals surface area (Å²) in [4.78, 5) is 31.2. The van der Waals surface area contributed by atoms with Crippen molar-refractivity contribution in [1.82, 2.24) is 9.80 Å². The number of aliphatic hydroxyl groups is 2. The lowest BCUT2D eigenvalue weighted by molar-refractivity contribution is -0.150. The second kappa shape index (κ2) is 91.2. The molecule has 0 radical (unpaired) electrons. The van der Waals surface area contributed by atoms with Crippen LogP contribution >= 0.6 is 0 Å². The Hall–Kier alpha value is -1.03. The fourth-order valence-corrected chi connectivity index (χ4v) is 18.5. The van der Waals surface area contributed by atoms with E-state index in [4.69, 9.17) is 36.7 Å². The predicted octanol–water partition coefficient (Wildman–Crippen LogP) is 28.9. The third-order valence-electron chi connectivity index (χ3n) is 22.9. The maximum atomic E-state index is 13.0. The molecule has 0 saturated heterocycles. The minimum Gasteiger partial charge on any atom is -0.465 e. The molecule has 2 N–H and O–H groups in total. The Morgan fingerprint density at radius 3 is 0.711 bits per heavy atom. The van der Waals surface area contributed by atoms with Crippen LogP contribution in [-0.2, 0) is 46.2 Å². The van der Waals surface area contributed by atoms with Gasteiger partial charge in [-0.05, 0) is 207 Å². The molecule has 684 valence electrons. The maximum absolute atomic E-state index is 13.0. The fourth-order valence-electron chi connectivity index (χ4n) is 15.4. The standard InChI is InChI=1S/2C49H101NO6Si/c2*1-7-11-15-19-21-28-38-47(37-27-18-14-10-4)49(52)54-45-35-25-22-30-40-50(42-32-33-43-51)41-31-23-26-36-46-55-57(5,6)56-48(39-29-20-16-12-8-2)53-44-34-24-17-13-9-3/h2*47-48,51H,7-46H2,1-6H3. The van der Waals surface area contributed by atoms with Crippen LogP contribution in [0.2, 0.25) is 26.2 Å². The number of nitrogens with zero attached hydrogens (tertiary/aromatic N) is 2. The fraction of sp³-hybridized carbons (Fsp3) is 0.980. The Labute approximate surface area is 713 Å². The zero-order chi connectivity index (χ0) is 83.8. The Bertz CT molecular complexity index is 1760. The van der Waals surface area contributed by atoms with Crippen LogP contribution in [0.15, 0.2) is 0 Å². The van der Waals surface area contributed by atoms with Crippen LogP contribution in [0.5, 0.6) is 0 Å². The number of carbonyl (C=O) groups excluding carboxylic acids is 2. The number of esters is 2. The summed E-state index contributed by atoms with van der Waals surface area (Å²) in [6.45, 7) is 38.2. The number of rotatable bonds is 94. The van der Waals surface area contributed by atoms with Gasteiger partial charge in [0.25, 0.3) is 0 Å². The van der Waals surface area contributed by atoms with Crippen LogP contribution < -0.4 is 0 Å². The number of unbranched alkanes of at least 4 members (excludes halogenated alkanes) is 46. The van der Waals surface area contributed by atoms with Crippen molar-refractivity contribution in [2.75, 3.05) is 92.1 Å². The summed E-state index contributed by atoms with van der Waals surface area (Å²) < 4.78 is 50.2. The molecule has 4 atom stereocenters. The predicted molar refractivity (Wildman–Crippen MR) is 495 cm³/mol. The summed E-state index contributed by atoms with van der Waals surface area (Å²) in [6.07, 6.45) is 77.9. The van der Waals surface area contributed by atoms with Crippen LogP contribution in [0.3, 0.4) is 0 Å². The highest BCUT2D eigenvalue weighted by atomic mass is 28.4. The number of ether oxygens (including phenoxy) is 4. The normalized spacial score (nSPS) is 13.1. The van der Waals surface area contributed by atoms with Gasteiger partial charge in [0.1, 0.15) is 12.6 Å². The largest absolute Gasteiger partial charge is 0.465 e. The molecule has 4 unspecified atom stereocenters. The lowest BCUT2D eigenvalue weighted by Crippen LogP contribution is -2.40. The van der Waals surface area contributed by atoms with Crippen molar-refractivity contribution < 1.29 is 56.5 Å². The van der Waals surface area contributed by atoms with Crippen molar-refractivity contribution in [2.24, 2.45) is 11.8 Å². The molecular formula is C98H202N2O12Si2. The first-order valence-electron chi connectivity index (χ1n) is 50.5. The van der Waals surface area contributed by atoms with Crippen LogP contribution in [0.1, 0.15) is 479 Å². The van der Waals surface area contributed by atoms with E-state index in [0.29, 0.717) is 13.2 Å². The number of hydrogen-bond donors (Lipinski definition) is 2.